The molecule has 0 saturated heterocycles. The third-order valence-electron chi connectivity index (χ3n) is 3.23. The number of carbonyl (C=O) groups excluding carboxylic acids is 1. The van der Waals surface area contributed by atoms with Crippen molar-refractivity contribution in [2.75, 3.05) is 6.54 Å². The Hall–Kier alpha value is -1.34. The first kappa shape index (κ1) is 20.7. The Kier molecular flexibility index (Phi) is 7.48. The normalized spacial score (nSPS) is 12.0. The third kappa shape index (κ3) is 4.39. The lowest BCUT2D eigenvalue weighted by molar-refractivity contribution is 0.0931. The minimum Gasteiger partial charge on any atom is -0.346 e. The summed E-state index contributed by atoms with van der Waals surface area (Å²) in [5.74, 6) is 0.311. The molecule has 0 aliphatic rings. The summed E-state index contributed by atoms with van der Waals surface area (Å²) in [4.78, 5) is 16.6. The van der Waals surface area contributed by atoms with Crippen molar-refractivity contribution in [1.29, 1.82) is 0 Å². The molecule has 0 saturated carbocycles. The molecule has 2 aromatic rings. The Labute approximate surface area is 157 Å². The number of halogens is 3. The van der Waals surface area contributed by atoms with E-state index < -0.39 is 0 Å². The maximum absolute atomic E-state index is 12.2. The van der Waals surface area contributed by atoms with Crippen LogP contribution >= 0.6 is 35.6 Å². The largest absolute Gasteiger partial charge is 0.346 e. The first-order chi connectivity index (χ1) is 10.8. The Morgan fingerprint density at radius 2 is 1.88 bits per heavy atom. The quantitative estimate of drug-likeness (QED) is 0.818. The number of hydrogen-bond donors (Lipinski definition) is 2. The number of para-hydroxylation sites is 1. The number of aromatic nitrogens is 3. The van der Waals surface area contributed by atoms with Crippen LogP contribution in [0.25, 0.3) is 5.69 Å². The maximum atomic E-state index is 12.2. The molecular weight excluding hydrogens is 373 g/mol. The van der Waals surface area contributed by atoms with E-state index in [1.54, 1.807) is 18.2 Å². The van der Waals surface area contributed by atoms with E-state index in [9.17, 15) is 4.79 Å². The Balaban J connectivity index is 0.00000288. The Morgan fingerprint density at radius 1 is 1.29 bits per heavy atom. The van der Waals surface area contributed by atoms with Gasteiger partial charge < -0.3 is 11.1 Å². The standard InChI is InChI=1S/C15H19Cl2N5O.ClH/c1-8(2)14-20-13(15(23)19-9(3)7-18)21-22(14)12-10(16)5-4-6-11(12)17;/h4-6,8-9H,7,18H2,1-3H3,(H,19,23);1H/t9-;/m0./s1. The highest BCUT2D eigenvalue weighted by molar-refractivity contribution is 6.37. The second-order valence-electron chi connectivity index (χ2n) is 5.54. The Morgan fingerprint density at radius 3 is 2.38 bits per heavy atom. The van der Waals surface area contributed by atoms with Crippen molar-refractivity contribution in [1.82, 2.24) is 20.1 Å². The molecule has 1 amide bonds. The van der Waals surface area contributed by atoms with Gasteiger partial charge in [-0.25, -0.2) is 9.67 Å². The Bertz CT molecular complexity index is 697. The fraction of sp³-hybridized carbons (Fsp3) is 0.400. The summed E-state index contributed by atoms with van der Waals surface area (Å²) in [5, 5.41) is 7.91. The van der Waals surface area contributed by atoms with Crippen LogP contribution < -0.4 is 11.1 Å². The van der Waals surface area contributed by atoms with E-state index in [0.29, 0.717) is 28.1 Å². The van der Waals surface area contributed by atoms with Crippen LogP contribution in [0.15, 0.2) is 18.2 Å². The summed E-state index contributed by atoms with van der Waals surface area (Å²) in [6.07, 6.45) is 0. The molecule has 1 atom stereocenters. The van der Waals surface area contributed by atoms with Gasteiger partial charge in [0.25, 0.3) is 5.91 Å². The van der Waals surface area contributed by atoms with Gasteiger partial charge in [-0.2, -0.15) is 0 Å². The monoisotopic (exact) mass is 391 g/mol. The summed E-state index contributed by atoms with van der Waals surface area (Å²) in [6, 6.07) is 5.01. The fourth-order valence-corrected chi connectivity index (χ4v) is 2.55. The summed E-state index contributed by atoms with van der Waals surface area (Å²) in [6.45, 7) is 6.05. The van der Waals surface area contributed by atoms with Crippen LogP contribution in [0.4, 0.5) is 0 Å². The average molecular weight is 393 g/mol. The van der Waals surface area contributed by atoms with Crippen LogP contribution in [-0.2, 0) is 0 Å². The van der Waals surface area contributed by atoms with Gasteiger partial charge in [-0.1, -0.05) is 43.1 Å². The van der Waals surface area contributed by atoms with Crippen LogP contribution in [0.2, 0.25) is 10.0 Å². The van der Waals surface area contributed by atoms with Crippen LogP contribution in [0.5, 0.6) is 0 Å². The van der Waals surface area contributed by atoms with Crippen molar-refractivity contribution in [3.05, 3.63) is 39.9 Å². The molecule has 2 rings (SSSR count). The molecule has 1 aromatic heterocycles. The van der Waals surface area contributed by atoms with E-state index in [1.807, 2.05) is 20.8 Å². The fourth-order valence-electron chi connectivity index (χ4n) is 2.00. The van der Waals surface area contributed by atoms with Crippen LogP contribution in [0.3, 0.4) is 0 Å². The van der Waals surface area contributed by atoms with E-state index in [1.165, 1.54) is 4.68 Å². The predicted octanol–water partition coefficient (Wildman–Crippen LogP) is 3.20. The second kappa shape index (κ2) is 8.67. The summed E-state index contributed by atoms with van der Waals surface area (Å²) in [7, 11) is 0. The smallest absolute Gasteiger partial charge is 0.291 e. The van der Waals surface area contributed by atoms with Crippen molar-refractivity contribution in [2.24, 2.45) is 5.73 Å². The van der Waals surface area contributed by atoms with Crippen molar-refractivity contribution in [2.45, 2.75) is 32.7 Å². The molecule has 0 radical (unpaired) electrons. The molecule has 1 aromatic carbocycles. The number of amides is 1. The second-order valence-corrected chi connectivity index (χ2v) is 6.35. The molecule has 24 heavy (non-hydrogen) atoms. The highest BCUT2D eigenvalue weighted by Gasteiger charge is 2.22. The first-order valence-corrected chi connectivity index (χ1v) is 8.03. The van der Waals surface area contributed by atoms with Crippen LogP contribution in [0, 0.1) is 0 Å². The SMILES string of the molecule is CC(C)c1nc(C(=O)N[C@@H](C)CN)nn1-c1c(Cl)cccc1Cl.Cl. The molecule has 1 heterocycles. The van der Waals surface area contributed by atoms with Gasteiger partial charge in [-0.05, 0) is 19.1 Å². The zero-order valence-electron chi connectivity index (χ0n) is 13.6. The molecule has 9 heteroatoms. The summed E-state index contributed by atoms with van der Waals surface area (Å²) < 4.78 is 1.53. The number of benzene rings is 1. The number of carbonyl (C=O) groups is 1. The van der Waals surface area contributed by atoms with Gasteiger partial charge in [0.2, 0.25) is 5.82 Å². The van der Waals surface area contributed by atoms with E-state index in [0.717, 1.165) is 0 Å². The number of nitrogens with zero attached hydrogens (tertiary/aromatic N) is 3. The van der Waals surface area contributed by atoms with Gasteiger partial charge in [-0.3, -0.25) is 4.79 Å². The summed E-state index contributed by atoms with van der Waals surface area (Å²) >= 11 is 12.5. The first-order valence-electron chi connectivity index (χ1n) is 7.27. The lowest BCUT2D eigenvalue weighted by Crippen LogP contribution is -2.38. The topological polar surface area (TPSA) is 85.8 Å². The minimum atomic E-state index is -0.383. The maximum Gasteiger partial charge on any atom is 0.291 e. The van der Waals surface area contributed by atoms with Crippen molar-refractivity contribution in [3.63, 3.8) is 0 Å². The van der Waals surface area contributed by atoms with Crippen molar-refractivity contribution in [3.8, 4) is 5.69 Å². The zero-order valence-corrected chi connectivity index (χ0v) is 15.9. The lowest BCUT2D eigenvalue weighted by atomic mass is 10.2. The highest BCUT2D eigenvalue weighted by Crippen LogP contribution is 2.30. The number of hydrogen-bond acceptors (Lipinski definition) is 4. The molecule has 0 fully saturated rings. The van der Waals surface area contributed by atoms with E-state index >= 15 is 0 Å². The van der Waals surface area contributed by atoms with Gasteiger partial charge >= 0.3 is 0 Å². The molecule has 0 bridgehead atoms. The lowest BCUT2D eigenvalue weighted by Gasteiger charge is -2.11. The average Bonchev–Trinajstić information content (AvgIpc) is 2.92. The zero-order chi connectivity index (χ0) is 17.1. The van der Waals surface area contributed by atoms with Crippen LogP contribution in [-0.4, -0.2) is 33.3 Å². The highest BCUT2D eigenvalue weighted by atomic mass is 35.5. The van der Waals surface area contributed by atoms with E-state index in [2.05, 4.69) is 15.4 Å². The number of rotatable bonds is 5. The van der Waals surface area contributed by atoms with E-state index in [4.69, 9.17) is 28.9 Å². The number of nitrogens with one attached hydrogen (secondary N) is 1. The van der Waals surface area contributed by atoms with Gasteiger partial charge in [0.15, 0.2) is 0 Å². The molecule has 0 spiro atoms. The van der Waals surface area contributed by atoms with Crippen LogP contribution in [0.1, 0.15) is 43.1 Å². The third-order valence-corrected chi connectivity index (χ3v) is 3.84. The molecule has 132 valence electrons. The molecule has 0 aliphatic heterocycles. The minimum absolute atomic E-state index is 0. The molecular formula is C15H20Cl3N5O. The number of nitrogens with two attached hydrogens (primary N) is 1. The van der Waals surface area contributed by atoms with Gasteiger partial charge in [0.1, 0.15) is 11.5 Å². The molecule has 3 N–H and O–H groups in total. The van der Waals surface area contributed by atoms with Crippen molar-refractivity contribution >= 4 is 41.5 Å². The van der Waals surface area contributed by atoms with E-state index in [-0.39, 0.29) is 36.1 Å². The van der Waals surface area contributed by atoms with Gasteiger partial charge in [0.05, 0.1) is 10.0 Å². The molecule has 6 nitrogen and oxygen atoms in total. The van der Waals surface area contributed by atoms with Crippen molar-refractivity contribution < 1.29 is 4.79 Å². The molecule has 0 aliphatic carbocycles. The summed E-state index contributed by atoms with van der Waals surface area (Å²) in [5.41, 5.74) is 6.03. The van der Waals surface area contributed by atoms with Gasteiger partial charge in [0, 0.05) is 18.5 Å². The molecule has 0 unspecified atom stereocenters. The predicted molar refractivity (Wildman–Crippen MR) is 98.7 cm³/mol. The van der Waals surface area contributed by atoms with Gasteiger partial charge in [-0.15, -0.1) is 17.5 Å².